The summed E-state index contributed by atoms with van der Waals surface area (Å²) in [5.41, 5.74) is 3.88. The summed E-state index contributed by atoms with van der Waals surface area (Å²) in [4.78, 5) is 0. The largest absolute Gasteiger partial charge is 0.378 e. The minimum atomic E-state index is -3.26. The molecule has 2 aromatic rings. The molecule has 1 atom stereocenters. The van der Waals surface area contributed by atoms with Crippen molar-refractivity contribution >= 4 is 21.4 Å². The van der Waals surface area contributed by atoms with Crippen LogP contribution >= 0.6 is 0 Å². The lowest BCUT2D eigenvalue weighted by Gasteiger charge is -2.18. The van der Waals surface area contributed by atoms with Crippen molar-refractivity contribution in [3.8, 4) is 0 Å². The number of aryl methyl sites for hydroxylation is 1. The number of hydrogen-bond donors (Lipinski definition) is 2. The third-order valence-corrected chi connectivity index (χ3v) is 3.81. The molecule has 0 amide bonds. The van der Waals surface area contributed by atoms with E-state index in [1.807, 2.05) is 24.3 Å². The zero-order valence-corrected chi connectivity index (χ0v) is 13.2. The van der Waals surface area contributed by atoms with Crippen LogP contribution in [0.5, 0.6) is 0 Å². The van der Waals surface area contributed by atoms with Crippen LogP contribution < -0.4 is 10.0 Å². The van der Waals surface area contributed by atoms with Gasteiger partial charge < -0.3 is 5.32 Å². The maximum atomic E-state index is 11.3. The molecular formula is C16H20N2O2S. The second-order valence-electron chi connectivity index (χ2n) is 5.18. The average molecular weight is 304 g/mol. The fourth-order valence-electron chi connectivity index (χ4n) is 2.29. The second kappa shape index (κ2) is 6.18. The lowest BCUT2D eigenvalue weighted by Crippen LogP contribution is -2.11. The van der Waals surface area contributed by atoms with E-state index in [9.17, 15) is 8.42 Å². The van der Waals surface area contributed by atoms with Crippen molar-refractivity contribution in [3.05, 3.63) is 59.7 Å². The van der Waals surface area contributed by atoms with Gasteiger partial charge in [0.05, 0.1) is 11.9 Å². The summed E-state index contributed by atoms with van der Waals surface area (Å²) in [5.74, 6) is 0. The number of nitrogens with one attached hydrogen (secondary N) is 2. The standard InChI is InChI=1S/C16H20N2O2S/c1-12-7-4-5-10-16(12)13(2)17-14-8-6-9-15(11-14)18-21(3,19)20/h4-11,13,17-18H,1-3H3. The van der Waals surface area contributed by atoms with Crippen LogP contribution in [0.2, 0.25) is 0 Å². The lowest BCUT2D eigenvalue weighted by atomic mass is 10.0. The van der Waals surface area contributed by atoms with Gasteiger partial charge in [-0.15, -0.1) is 0 Å². The van der Waals surface area contributed by atoms with Gasteiger partial charge in [-0.3, -0.25) is 4.72 Å². The molecule has 0 aliphatic rings. The zero-order chi connectivity index (χ0) is 15.5. The van der Waals surface area contributed by atoms with Crippen LogP contribution in [-0.2, 0) is 10.0 Å². The molecule has 0 saturated heterocycles. The van der Waals surface area contributed by atoms with E-state index in [0.29, 0.717) is 5.69 Å². The van der Waals surface area contributed by atoms with Crippen molar-refractivity contribution in [1.82, 2.24) is 0 Å². The van der Waals surface area contributed by atoms with Crippen LogP contribution in [0.3, 0.4) is 0 Å². The van der Waals surface area contributed by atoms with Gasteiger partial charge in [-0.2, -0.15) is 0 Å². The maximum Gasteiger partial charge on any atom is 0.229 e. The topological polar surface area (TPSA) is 58.2 Å². The zero-order valence-electron chi connectivity index (χ0n) is 12.4. The highest BCUT2D eigenvalue weighted by atomic mass is 32.2. The van der Waals surface area contributed by atoms with Crippen molar-refractivity contribution in [1.29, 1.82) is 0 Å². The highest BCUT2D eigenvalue weighted by Crippen LogP contribution is 2.23. The van der Waals surface area contributed by atoms with E-state index in [0.717, 1.165) is 11.9 Å². The molecule has 0 aliphatic heterocycles. The second-order valence-corrected chi connectivity index (χ2v) is 6.93. The van der Waals surface area contributed by atoms with E-state index in [1.165, 1.54) is 11.1 Å². The fourth-order valence-corrected chi connectivity index (χ4v) is 2.84. The van der Waals surface area contributed by atoms with Crippen LogP contribution in [0.15, 0.2) is 48.5 Å². The Hall–Kier alpha value is -2.01. The normalized spacial score (nSPS) is 12.7. The molecule has 0 saturated carbocycles. The van der Waals surface area contributed by atoms with E-state index in [1.54, 1.807) is 12.1 Å². The van der Waals surface area contributed by atoms with E-state index < -0.39 is 10.0 Å². The molecule has 0 radical (unpaired) electrons. The van der Waals surface area contributed by atoms with Gasteiger partial charge in [0.25, 0.3) is 0 Å². The smallest absolute Gasteiger partial charge is 0.229 e. The van der Waals surface area contributed by atoms with Crippen LogP contribution in [-0.4, -0.2) is 14.7 Å². The van der Waals surface area contributed by atoms with E-state index >= 15 is 0 Å². The Labute approximate surface area is 126 Å². The number of hydrogen-bond acceptors (Lipinski definition) is 3. The van der Waals surface area contributed by atoms with Crippen molar-refractivity contribution in [2.24, 2.45) is 0 Å². The van der Waals surface area contributed by atoms with Gasteiger partial charge in [-0.05, 0) is 43.2 Å². The Morgan fingerprint density at radius 1 is 1.00 bits per heavy atom. The van der Waals surface area contributed by atoms with Gasteiger partial charge in [0.15, 0.2) is 0 Å². The summed E-state index contributed by atoms with van der Waals surface area (Å²) >= 11 is 0. The Kier molecular flexibility index (Phi) is 4.53. The third kappa shape index (κ3) is 4.49. The predicted molar refractivity (Wildman–Crippen MR) is 88.1 cm³/mol. The summed E-state index contributed by atoms with van der Waals surface area (Å²) in [6, 6.07) is 15.6. The lowest BCUT2D eigenvalue weighted by molar-refractivity contribution is 0.607. The van der Waals surface area contributed by atoms with E-state index in [4.69, 9.17) is 0 Å². The van der Waals surface area contributed by atoms with Gasteiger partial charge >= 0.3 is 0 Å². The molecule has 21 heavy (non-hydrogen) atoms. The highest BCUT2D eigenvalue weighted by molar-refractivity contribution is 7.92. The molecular weight excluding hydrogens is 284 g/mol. The first-order valence-corrected chi connectivity index (χ1v) is 8.64. The molecule has 0 aromatic heterocycles. The van der Waals surface area contributed by atoms with Gasteiger partial charge in [-0.25, -0.2) is 8.42 Å². The number of sulfonamides is 1. The number of benzene rings is 2. The molecule has 2 rings (SSSR count). The number of rotatable bonds is 5. The molecule has 112 valence electrons. The first-order chi connectivity index (χ1) is 9.85. The van der Waals surface area contributed by atoms with Gasteiger partial charge in [0.1, 0.15) is 0 Å². The van der Waals surface area contributed by atoms with Crippen LogP contribution in [0.25, 0.3) is 0 Å². The first-order valence-electron chi connectivity index (χ1n) is 6.75. The van der Waals surface area contributed by atoms with Crippen molar-refractivity contribution in [3.63, 3.8) is 0 Å². The van der Waals surface area contributed by atoms with E-state index in [2.05, 4.69) is 36.0 Å². The summed E-state index contributed by atoms with van der Waals surface area (Å²) in [6.07, 6.45) is 1.14. The third-order valence-electron chi connectivity index (χ3n) is 3.20. The molecule has 2 N–H and O–H groups in total. The Morgan fingerprint density at radius 2 is 1.67 bits per heavy atom. The Morgan fingerprint density at radius 3 is 2.33 bits per heavy atom. The summed E-state index contributed by atoms with van der Waals surface area (Å²) in [7, 11) is -3.26. The van der Waals surface area contributed by atoms with Crippen LogP contribution in [0, 0.1) is 6.92 Å². The fraction of sp³-hybridized carbons (Fsp3) is 0.250. The highest BCUT2D eigenvalue weighted by Gasteiger charge is 2.08. The predicted octanol–water partition coefficient (Wildman–Crippen LogP) is 3.54. The monoisotopic (exact) mass is 304 g/mol. The minimum Gasteiger partial charge on any atom is -0.378 e. The quantitative estimate of drug-likeness (QED) is 0.888. The SMILES string of the molecule is Cc1ccccc1C(C)Nc1cccc(NS(C)(=O)=O)c1. The molecule has 0 spiro atoms. The molecule has 4 nitrogen and oxygen atoms in total. The Balaban J connectivity index is 2.16. The first kappa shape index (κ1) is 15.4. The number of anilines is 2. The molecule has 0 fully saturated rings. The maximum absolute atomic E-state index is 11.3. The Bertz CT molecular complexity index is 727. The van der Waals surface area contributed by atoms with Gasteiger partial charge in [-0.1, -0.05) is 30.3 Å². The van der Waals surface area contributed by atoms with Crippen LogP contribution in [0.1, 0.15) is 24.1 Å². The molecule has 0 bridgehead atoms. The van der Waals surface area contributed by atoms with Crippen molar-refractivity contribution in [2.45, 2.75) is 19.9 Å². The summed E-state index contributed by atoms with van der Waals surface area (Å²) < 4.78 is 25.0. The molecule has 0 aliphatic carbocycles. The molecule has 2 aromatic carbocycles. The van der Waals surface area contributed by atoms with E-state index in [-0.39, 0.29) is 6.04 Å². The van der Waals surface area contributed by atoms with Crippen molar-refractivity contribution in [2.75, 3.05) is 16.3 Å². The average Bonchev–Trinajstić information content (AvgIpc) is 2.37. The summed E-state index contributed by atoms with van der Waals surface area (Å²) in [5, 5.41) is 3.39. The van der Waals surface area contributed by atoms with Crippen LogP contribution in [0.4, 0.5) is 11.4 Å². The van der Waals surface area contributed by atoms with Gasteiger partial charge in [0, 0.05) is 11.7 Å². The minimum absolute atomic E-state index is 0.139. The molecule has 1 unspecified atom stereocenters. The van der Waals surface area contributed by atoms with Gasteiger partial charge in [0.2, 0.25) is 10.0 Å². The molecule has 0 heterocycles. The van der Waals surface area contributed by atoms with Crippen molar-refractivity contribution < 1.29 is 8.42 Å². The molecule has 5 heteroatoms. The summed E-state index contributed by atoms with van der Waals surface area (Å²) in [6.45, 7) is 4.16.